The predicted molar refractivity (Wildman–Crippen MR) is 141 cm³/mol. The van der Waals surface area contributed by atoms with Crippen molar-refractivity contribution in [2.24, 2.45) is 0 Å². The van der Waals surface area contributed by atoms with Crippen molar-refractivity contribution in [3.05, 3.63) is 83.2 Å². The number of para-hydroxylation sites is 1. The second-order valence-corrected chi connectivity index (χ2v) is 12.3. The topological polar surface area (TPSA) is 108 Å². The number of halogens is 1. The molecule has 0 aliphatic rings. The molecule has 182 valence electrons. The van der Waals surface area contributed by atoms with Crippen molar-refractivity contribution >= 4 is 59.5 Å². The lowest BCUT2D eigenvalue weighted by atomic mass is 10.1. The Morgan fingerprint density at radius 2 is 1.37 bits per heavy atom. The molecule has 0 bridgehead atoms. The molecule has 0 saturated heterocycles. The summed E-state index contributed by atoms with van der Waals surface area (Å²) in [5.74, 6) is 0. The van der Waals surface area contributed by atoms with E-state index in [4.69, 9.17) is 11.6 Å². The largest absolute Gasteiger partial charge is 0.378 e. The molecule has 3 aromatic carbocycles. The molecular weight excluding hydrogens is 528 g/mol. The Labute approximate surface area is 213 Å². The van der Waals surface area contributed by atoms with Crippen molar-refractivity contribution in [3.63, 3.8) is 0 Å². The van der Waals surface area contributed by atoms with Crippen LogP contribution >= 0.6 is 22.9 Å². The second kappa shape index (κ2) is 9.86. The van der Waals surface area contributed by atoms with Gasteiger partial charge >= 0.3 is 0 Å². The lowest BCUT2D eigenvalue weighted by Crippen LogP contribution is -2.14. The number of rotatable bonds is 8. The summed E-state index contributed by atoms with van der Waals surface area (Å²) in [5.41, 5.74) is 2.10. The molecule has 8 nitrogen and oxygen atoms in total. The molecule has 0 spiro atoms. The number of benzene rings is 3. The molecule has 1 aromatic heterocycles. The van der Waals surface area contributed by atoms with E-state index >= 15 is 0 Å². The lowest BCUT2D eigenvalue weighted by molar-refractivity contribution is 0.599. The number of sulfonamides is 2. The first kappa shape index (κ1) is 25.0. The van der Waals surface area contributed by atoms with Crippen LogP contribution in [0.3, 0.4) is 0 Å². The van der Waals surface area contributed by atoms with Gasteiger partial charge in [0.1, 0.15) is 0 Å². The smallest absolute Gasteiger partial charge is 0.263 e. The molecule has 0 amide bonds. The van der Waals surface area contributed by atoms with Crippen molar-refractivity contribution < 1.29 is 16.8 Å². The molecule has 0 radical (unpaired) electrons. The Bertz CT molecular complexity index is 1550. The Morgan fingerprint density at radius 3 is 2.00 bits per heavy atom. The van der Waals surface area contributed by atoms with Crippen LogP contribution in [0, 0.1) is 0 Å². The maximum Gasteiger partial charge on any atom is 0.263 e. The molecular formula is C23H21ClN4O4S3. The van der Waals surface area contributed by atoms with Gasteiger partial charge in [0.05, 0.1) is 21.2 Å². The van der Waals surface area contributed by atoms with E-state index in [-0.39, 0.29) is 14.9 Å². The Balaban J connectivity index is 1.58. The Morgan fingerprint density at radius 1 is 0.800 bits per heavy atom. The number of hydrogen-bond acceptors (Lipinski definition) is 7. The fourth-order valence-electron chi connectivity index (χ4n) is 3.15. The average molecular weight is 549 g/mol. The first-order valence-corrected chi connectivity index (χ1v) is 14.4. The van der Waals surface area contributed by atoms with Gasteiger partial charge in [0.15, 0.2) is 5.13 Å². The fraction of sp³-hybridized carbons (Fsp3) is 0.0870. The van der Waals surface area contributed by atoms with E-state index in [1.54, 1.807) is 41.8 Å². The zero-order valence-electron chi connectivity index (χ0n) is 18.6. The standard InChI is InChI=1S/C23H21ClN4O4S3/c1-28(2)17-9-13-19(14-10-17)35(31,32)27-23-25-22(15-33-23)20-5-3-4-6-21(20)26-34(29,30)18-11-7-16(24)8-12-18/h3-15,26H,1-2H3,(H,25,27). The van der Waals surface area contributed by atoms with Crippen LogP contribution in [0.5, 0.6) is 0 Å². The molecule has 0 aliphatic carbocycles. The number of nitrogens with zero attached hydrogens (tertiary/aromatic N) is 2. The van der Waals surface area contributed by atoms with Crippen molar-refractivity contribution in [1.82, 2.24) is 4.98 Å². The quantitative estimate of drug-likeness (QED) is 0.316. The van der Waals surface area contributed by atoms with Gasteiger partial charge in [0, 0.05) is 35.7 Å². The van der Waals surface area contributed by atoms with E-state index in [1.807, 2.05) is 19.0 Å². The summed E-state index contributed by atoms with van der Waals surface area (Å²) in [4.78, 5) is 6.42. The van der Waals surface area contributed by atoms with E-state index < -0.39 is 20.0 Å². The van der Waals surface area contributed by atoms with Gasteiger partial charge in [-0.2, -0.15) is 0 Å². The average Bonchev–Trinajstić information content (AvgIpc) is 3.27. The SMILES string of the molecule is CN(C)c1ccc(S(=O)(=O)Nc2nc(-c3ccccc3NS(=O)(=O)c3ccc(Cl)cc3)cs2)cc1. The van der Waals surface area contributed by atoms with Crippen LogP contribution in [0.2, 0.25) is 5.02 Å². The van der Waals surface area contributed by atoms with Crippen molar-refractivity contribution in [2.75, 3.05) is 28.4 Å². The van der Waals surface area contributed by atoms with Gasteiger partial charge in [0.2, 0.25) is 0 Å². The van der Waals surface area contributed by atoms with Crippen LogP contribution in [-0.2, 0) is 20.0 Å². The number of anilines is 3. The molecule has 2 N–H and O–H groups in total. The van der Waals surface area contributed by atoms with Gasteiger partial charge in [0.25, 0.3) is 20.0 Å². The van der Waals surface area contributed by atoms with E-state index in [0.29, 0.717) is 22.0 Å². The normalized spacial score (nSPS) is 11.7. The monoisotopic (exact) mass is 548 g/mol. The molecule has 0 unspecified atom stereocenters. The van der Waals surface area contributed by atoms with Crippen LogP contribution < -0.4 is 14.3 Å². The summed E-state index contributed by atoms with van der Waals surface area (Å²) < 4.78 is 56.4. The number of aromatic nitrogens is 1. The molecule has 1 heterocycles. The summed E-state index contributed by atoms with van der Waals surface area (Å²) in [7, 11) is -3.99. The van der Waals surface area contributed by atoms with E-state index in [2.05, 4.69) is 14.4 Å². The molecule has 0 aliphatic heterocycles. The molecule has 0 atom stereocenters. The molecule has 35 heavy (non-hydrogen) atoms. The van der Waals surface area contributed by atoms with Crippen LogP contribution in [0.25, 0.3) is 11.3 Å². The van der Waals surface area contributed by atoms with E-state index in [0.717, 1.165) is 17.0 Å². The number of thiazole rings is 1. The third-order valence-corrected chi connectivity index (χ3v) is 8.84. The summed E-state index contributed by atoms with van der Waals surface area (Å²) in [6.45, 7) is 0. The zero-order chi connectivity index (χ0) is 25.2. The van der Waals surface area contributed by atoms with Crippen molar-refractivity contribution in [2.45, 2.75) is 9.79 Å². The van der Waals surface area contributed by atoms with Crippen LogP contribution in [0.15, 0.2) is 88.0 Å². The summed E-state index contributed by atoms with van der Waals surface area (Å²) in [5, 5.41) is 2.24. The Hall–Kier alpha value is -3.12. The third-order valence-electron chi connectivity index (χ3n) is 4.96. The van der Waals surface area contributed by atoms with E-state index in [1.165, 1.54) is 36.4 Å². The number of nitrogens with one attached hydrogen (secondary N) is 2. The third kappa shape index (κ3) is 5.76. The van der Waals surface area contributed by atoms with Gasteiger partial charge in [-0.25, -0.2) is 21.8 Å². The fourth-order valence-corrected chi connectivity index (χ4v) is 6.32. The molecule has 4 aromatic rings. The highest BCUT2D eigenvalue weighted by Crippen LogP contribution is 2.33. The highest BCUT2D eigenvalue weighted by atomic mass is 35.5. The van der Waals surface area contributed by atoms with Crippen LogP contribution in [0.1, 0.15) is 0 Å². The maximum absolute atomic E-state index is 12.8. The van der Waals surface area contributed by atoms with Gasteiger partial charge < -0.3 is 4.90 Å². The molecule has 0 saturated carbocycles. The van der Waals surface area contributed by atoms with Gasteiger partial charge in [-0.3, -0.25) is 9.44 Å². The predicted octanol–water partition coefficient (Wildman–Crippen LogP) is 5.13. The molecule has 0 fully saturated rings. The highest BCUT2D eigenvalue weighted by Gasteiger charge is 2.20. The summed E-state index contributed by atoms with van der Waals surface area (Å²) in [6.07, 6.45) is 0. The van der Waals surface area contributed by atoms with Crippen molar-refractivity contribution in [3.8, 4) is 11.3 Å². The van der Waals surface area contributed by atoms with Gasteiger partial charge in [-0.15, -0.1) is 11.3 Å². The van der Waals surface area contributed by atoms with Gasteiger partial charge in [-0.05, 0) is 54.6 Å². The van der Waals surface area contributed by atoms with Crippen LogP contribution in [-0.4, -0.2) is 35.9 Å². The first-order valence-electron chi connectivity index (χ1n) is 10.2. The lowest BCUT2D eigenvalue weighted by Gasteiger charge is -2.13. The zero-order valence-corrected chi connectivity index (χ0v) is 21.8. The minimum absolute atomic E-state index is 0.0590. The minimum Gasteiger partial charge on any atom is -0.378 e. The highest BCUT2D eigenvalue weighted by molar-refractivity contribution is 7.93. The minimum atomic E-state index is -3.88. The van der Waals surface area contributed by atoms with Gasteiger partial charge in [-0.1, -0.05) is 29.8 Å². The number of hydrogen-bond donors (Lipinski definition) is 2. The van der Waals surface area contributed by atoms with Crippen molar-refractivity contribution in [1.29, 1.82) is 0 Å². The summed E-state index contributed by atoms with van der Waals surface area (Å²) in [6, 6.07) is 19.0. The second-order valence-electron chi connectivity index (χ2n) is 7.64. The van der Waals surface area contributed by atoms with E-state index in [9.17, 15) is 16.8 Å². The summed E-state index contributed by atoms with van der Waals surface area (Å²) >= 11 is 6.96. The molecule has 4 rings (SSSR count). The van der Waals surface area contributed by atoms with Crippen LogP contribution in [0.4, 0.5) is 16.5 Å². The molecule has 12 heteroatoms. The maximum atomic E-state index is 12.8. The Kier molecular flexibility index (Phi) is 7.04. The first-order chi connectivity index (χ1) is 16.5.